The van der Waals surface area contributed by atoms with E-state index in [1.54, 1.807) is 30.3 Å². The van der Waals surface area contributed by atoms with E-state index < -0.39 is 0 Å². The van der Waals surface area contributed by atoms with Gasteiger partial charge in [-0.15, -0.1) is 0 Å². The molecule has 9 heteroatoms. The largest absolute Gasteiger partial charge is 0.376 e. The zero-order valence-electron chi connectivity index (χ0n) is 20.7. The molecule has 37 heavy (non-hydrogen) atoms. The first-order chi connectivity index (χ1) is 18.0. The lowest BCUT2D eigenvalue weighted by molar-refractivity contribution is 0.0858. The summed E-state index contributed by atoms with van der Waals surface area (Å²) in [7, 11) is 0. The first-order valence-corrected chi connectivity index (χ1v) is 12.0. The number of amides is 1. The number of nitriles is 2. The third-order valence-corrected chi connectivity index (χ3v) is 5.97. The Labute approximate surface area is 215 Å². The number of benzene rings is 2. The van der Waals surface area contributed by atoms with Gasteiger partial charge in [0, 0.05) is 36.8 Å². The lowest BCUT2D eigenvalue weighted by atomic mass is 10.0. The van der Waals surface area contributed by atoms with Crippen molar-refractivity contribution < 1.29 is 9.53 Å². The molecular formula is C28H27N7O2. The number of hydrogen-bond acceptors (Lipinski definition) is 8. The Morgan fingerprint density at radius 3 is 2.57 bits per heavy atom. The van der Waals surface area contributed by atoms with E-state index in [4.69, 9.17) is 15.3 Å². The van der Waals surface area contributed by atoms with E-state index >= 15 is 0 Å². The lowest BCUT2D eigenvalue weighted by Crippen LogP contribution is -2.32. The van der Waals surface area contributed by atoms with E-state index in [1.165, 1.54) is 12.3 Å². The summed E-state index contributed by atoms with van der Waals surface area (Å²) in [4.78, 5) is 22.1. The van der Waals surface area contributed by atoms with Crippen molar-refractivity contribution in [2.45, 2.75) is 32.8 Å². The van der Waals surface area contributed by atoms with Crippen molar-refractivity contribution in [2.24, 2.45) is 0 Å². The van der Waals surface area contributed by atoms with E-state index in [1.807, 2.05) is 32.0 Å². The number of allylic oxidation sites excluding steroid dienone is 1. The van der Waals surface area contributed by atoms with Gasteiger partial charge in [-0.1, -0.05) is 0 Å². The Balaban J connectivity index is 1.64. The number of nitrogens with zero attached hydrogens (tertiary/aromatic N) is 4. The molecular weight excluding hydrogens is 466 g/mol. The number of anilines is 4. The number of nitrogens with one attached hydrogen (secondary N) is 3. The predicted molar refractivity (Wildman–Crippen MR) is 142 cm³/mol. The zero-order chi connectivity index (χ0) is 26.2. The van der Waals surface area contributed by atoms with Gasteiger partial charge in [0.25, 0.3) is 5.91 Å². The molecule has 0 saturated carbocycles. The average Bonchev–Trinajstić information content (AvgIpc) is 3.42. The summed E-state index contributed by atoms with van der Waals surface area (Å²) in [6, 6.07) is 14.9. The SMILES string of the molecule is Cc1cc(/C=C/C#N)cc(C)c1Nc1nc(Nc2ccc(C#N)cc2)ncc1C(=O)NCC1CCCO1. The van der Waals surface area contributed by atoms with Crippen LogP contribution in [0.4, 0.5) is 23.1 Å². The highest BCUT2D eigenvalue weighted by Crippen LogP contribution is 2.28. The molecule has 1 unspecified atom stereocenters. The minimum atomic E-state index is -0.299. The summed E-state index contributed by atoms with van der Waals surface area (Å²) in [6.45, 7) is 5.03. The van der Waals surface area contributed by atoms with E-state index in [0.29, 0.717) is 41.7 Å². The Bertz CT molecular complexity index is 1370. The average molecular weight is 494 g/mol. The molecule has 9 nitrogen and oxygen atoms in total. The standard InChI is InChI=1S/C28H27N7O2/c1-18-13-21(5-3-11-29)14-19(2)25(18)34-26-24(27(36)31-16-23-6-4-12-37-23)17-32-28(35-26)33-22-9-7-20(15-30)8-10-22/h3,5,7-10,13-14,17,23H,4,6,12,16H2,1-2H3,(H,31,36)(H2,32,33,34,35)/b5-3+. The topological polar surface area (TPSA) is 136 Å². The summed E-state index contributed by atoms with van der Waals surface area (Å²) in [5.74, 6) is 0.348. The van der Waals surface area contributed by atoms with Crippen LogP contribution in [0.3, 0.4) is 0 Å². The van der Waals surface area contributed by atoms with Crippen LogP contribution in [0.25, 0.3) is 6.08 Å². The van der Waals surface area contributed by atoms with Gasteiger partial charge in [-0.25, -0.2) is 4.98 Å². The van der Waals surface area contributed by atoms with E-state index in [9.17, 15) is 4.79 Å². The monoisotopic (exact) mass is 493 g/mol. The second-order valence-electron chi connectivity index (χ2n) is 8.73. The smallest absolute Gasteiger partial charge is 0.256 e. The molecule has 4 rings (SSSR count). The fourth-order valence-electron chi connectivity index (χ4n) is 4.11. The molecule has 0 aliphatic carbocycles. The van der Waals surface area contributed by atoms with Gasteiger partial charge in [0.2, 0.25) is 5.95 Å². The van der Waals surface area contributed by atoms with Gasteiger partial charge >= 0.3 is 0 Å². The molecule has 3 N–H and O–H groups in total. The molecule has 1 amide bonds. The molecule has 0 radical (unpaired) electrons. The maximum absolute atomic E-state index is 13.1. The third-order valence-electron chi connectivity index (χ3n) is 5.97. The summed E-state index contributed by atoms with van der Waals surface area (Å²) >= 11 is 0. The molecule has 1 aliphatic heterocycles. The van der Waals surface area contributed by atoms with Gasteiger partial charge in [0.05, 0.1) is 23.8 Å². The highest BCUT2D eigenvalue weighted by molar-refractivity contribution is 5.99. The summed E-state index contributed by atoms with van der Waals surface area (Å²) < 4.78 is 5.62. The van der Waals surface area contributed by atoms with Gasteiger partial charge in [-0.3, -0.25) is 4.79 Å². The van der Waals surface area contributed by atoms with Gasteiger partial charge in [0.1, 0.15) is 11.4 Å². The van der Waals surface area contributed by atoms with E-state index in [-0.39, 0.29) is 12.0 Å². The predicted octanol–water partition coefficient (Wildman–Crippen LogP) is 4.90. The fourth-order valence-corrected chi connectivity index (χ4v) is 4.11. The highest BCUT2D eigenvalue weighted by Gasteiger charge is 2.20. The van der Waals surface area contributed by atoms with Crippen LogP contribution in [0.15, 0.2) is 48.7 Å². The number of aromatic nitrogens is 2. The van der Waals surface area contributed by atoms with Crippen molar-refractivity contribution >= 4 is 35.1 Å². The van der Waals surface area contributed by atoms with Crippen LogP contribution >= 0.6 is 0 Å². The van der Waals surface area contributed by atoms with Crippen molar-refractivity contribution in [2.75, 3.05) is 23.8 Å². The third kappa shape index (κ3) is 6.49. The number of rotatable bonds is 8. The maximum atomic E-state index is 13.1. The van der Waals surface area contributed by atoms with Crippen LogP contribution in [0, 0.1) is 36.5 Å². The molecule has 1 fully saturated rings. The van der Waals surface area contributed by atoms with Crippen LogP contribution in [0.5, 0.6) is 0 Å². The molecule has 0 bridgehead atoms. The Morgan fingerprint density at radius 1 is 1.16 bits per heavy atom. The molecule has 0 spiro atoms. The quantitative estimate of drug-likeness (QED) is 0.377. The Morgan fingerprint density at radius 2 is 1.92 bits per heavy atom. The van der Waals surface area contributed by atoms with Crippen LogP contribution < -0.4 is 16.0 Å². The van der Waals surface area contributed by atoms with Crippen LogP contribution in [-0.4, -0.2) is 35.1 Å². The first-order valence-electron chi connectivity index (χ1n) is 12.0. The van der Waals surface area contributed by atoms with Crippen molar-refractivity contribution in [1.82, 2.24) is 15.3 Å². The minimum absolute atomic E-state index is 0.0112. The van der Waals surface area contributed by atoms with E-state index in [0.717, 1.165) is 35.2 Å². The number of carbonyl (C=O) groups is 1. The van der Waals surface area contributed by atoms with Crippen LogP contribution in [0.2, 0.25) is 0 Å². The zero-order valence-corrected chi connectivity index (χ0v) is 20.7. The van der Waals surface area contributed by atoms with E-state index in [2.05, 4.69) is 32.0 Å². The summed E-state index contributed by atoms with van der Waals surface area (Å²) in [5, 5.41) is 27.3. The summed E-state index contributed by atoms with van der Waals surface area (Å²) in [6.07, 6.45) is 6.59. The van der Waals surface area contributed by atoms with Crippen molar-refractivity contribution in [3.63, 3.8) is 0 Å². The second-order valence-corrected chi connectivity index (χ2v) is 8.73. The fraction of sp³-hybridized carbons (Fsp3) is 0.250. The molecule has 2 aromatic carbocycles. The molecule has 1 aromatic heterocycles. The molecule has 3 aromatic rings. The van der Waals surface area contributed by atoms with Crippen molar-refractivity contribution in [3.05, 3.63) is 76.5 Å². The maximum Gasteiger partial charge on any atom is 0.256 e. The van der Waals surface area contributed by atoms with Gasteiger partial charge in [-0.2, -0.15) is 15.5 Å². The molecule has 1 aliphatic rings. The van der Waals surface area contributed by atoms with Crippen molar-refractivity contribution in [3.8, 4) is 12.1 Å². The van der Waals surface area contributed by atoms with Gasteiger partial charge in [-0.05, 0) is 85.9 Å². The van der Waals surface area contributed by atoms with Crippen LogP contribution in [-0.2, 0) is 4.74 Å². The van der Waals surface area contributed by atoms with Gasteiger partial charge < -0.3 is 20.7 Å². The Kier molecular flexibility index (Phi) is 8.09. The number of carbonyl (C=O) groups excluding carboxylic acids is 1. The Hall–Kier alpha value is -4.73. The number of hydrogen-bond donors (Lipinski definition) is 3. The molecule has 1 saturated heterocycles. The molecule has 186 valence electrons. The van der Waals surface area contributed by atoms with Crippen LogP contribution in [0.1, 0.15) is 45.5 Å². The summed E-state index contributed by atoms with van der Waals surface area (Å²) in [5.41, 5.74) is 5.14. The van der Waals surface area contributed by atoms with Crippen molar-refractivity contribution in [1.29, 1.82) is 10.5 Å². The highest BCUT2D eigenvalue weighted by atomic mass is 16.5. The van der Waals surface area contributed by atoms with Gasteiger partial charge in [0.15, 0.2) is 0 Å². The number of aryl methyl sites for hydroxylation is 2. The minimum Gasteiger partial charge on any atom is -0.376 e. The normalized spacial score (nSPS) is 14.6. The lowest BCUT2D eigenvalue weighted by Gasteiger charge is -2.17. The number of ether oxygens (including phenoxy) is 1. The molecule has 2 heterocycles. The first kappa shape index (κ1) is 25.4. The molecule has 1 atom stereocenters. The second kappa shape index (κ2) is 11.8.